The third-order valence-electron chi connectivity index (χ3n) is 2.62. The molecule has 0 aliphatic carbocycles. The number of nitrogens with one attached hydrogen (secondary N) is 1. The second kappa shape index (κ2) is 6.93. The molecule has 1 amide bonds. The molecule has 0 unspecified atom stereocenters. The minimum absolute atomic E-state index is 0.0416. The fourth-order valence-corrected chi connectivity index (χ4v) is 1.87. The first-order valence-electron chi connectivity index (χ1n) is 6.11. The molecule has 0 fully saturated rings. The molecule has 2 aromatic rings. The number of carbonyl (C=O) groups is 1. The molecule has 0 radical (unpaired) electrons. The van der Waals surface area contributed by atoms with Crippen LogP contribution < -0.4 is 11.1 Å². The van der Waals surface area contributed by atoms with Gasteiger partial charge in [-0.2, -0.15) is 0 Å². The van der Waals surface area contributed by atoms with E-state index < -0.39 is 0 Å². The van der Waals surface area contributed by atoms with Gasteiger partial charge in [-0.3, -0.25) is 4.79 Å². The second-order valence-corrected chi connectivity index (χ2v) is 4.67. The quantitative estimate of drug-likeness (QED) is 0.832. The maximum absolute atomic E-state index is 11.7. The summed E-state index contributed by atoms with van der Waals surface area (Å²) < 4.78 is 5.34. The summed E-state index contributed by atoms with van der Waals surface area (Å²) in [6.45, 7) is 0.254. The summed E-state index contributed by atoms with van der Waals surface area (Å²) in [6, 6.07) is 14.3. The van der Waals surface area contributed by atoms with E-state index in [0.717, 1.165) is 5.56 Å². The number of hydrogen-bond donors (Lipinski definition) is 2. The van der Waals surface area contributed by atoms with Gasteiger partial charge in [-0.1, -0.05) is 35.9 Å². The topological polar surface area (TPSA) is 64.3 Å². The molecular weight excluding hydrogens is 276 g/mol. The number of anilines is 2. The lowest BCUT2D eigenvalue weighted by atomic mass is 10.2. The van der Waals surface area contributed by atoms with Gasteiger partial charge >= 0.3 is 0 Å². The molecular formula is C15H15ClN2O2. The van der Waals surface area contributed by atoms with Crippen LogP contribution in [0.5, 0.6) is 0 Å². The minimum Gasteiger partial charge on any atom is -0.399 e. The fourth-order valence-electron chi connectivity index (χ4n) is 1.68. The molecule has 2 rings (SSSR count). The van der Waals surface area contributed by atoms with Gasteiger partial charge in [0, 0.05) is 16.4 Å². The number of benzene rings is 2. The summed E-state index contributed by atoms with van der Waals surface area (Å²) in [7, 11) is 0. The van der Waals surface area contributed by atoms with E-state index >= 15 is 0 Å². The lowest BCUT2D eigenvalue weighted by Crippen LogP contribution is -2.18. The van der Waals surface area contributed by atoms with Gasteiger partial charge in [0.1, 0.15) is 6.61 Å². The number of nitrogens with two attached hydrogens (primary N) is 1. The van der Waals surface area contributed by atoms with Crippen LogP contribution in [0.4, 0.5) is 11.4 Å². The zero-order chi connectivity index (χ0) is 14.4. The first-order valence-corrected chi connectivity index (χ1v) is 6.49. The Hall–Kier alpha value is -2.04. The Bertz CT molecular complexity index is 602. The molecule has 0 aliphatic heterocycles. The normalized spacial score (nSPS) is 10.2. The van der Waals surface area contributed by atoms with E-state index in [1.807, 2.05) is 18.2 Å². The van der Waals surface area contributed by atoms with Crippen molar-refractivity contribution in [2.45, 2.75) is 6.61 Å². The number of halogens is 1. The zero-order valence-electron chi connectivity index (χ0n) is 10.8. The first kappa shape index (κ1) is 14.4. The molecule has 0 saturated carbocycles. The van der Waals surface area contributed by atoms with Crippen molar-refractivity contribution in [1.29, 1.82) is 0 Å². The van der Waals surface area contributed by atoms with Crippen LogP contribution in [0.25, 0.3) is 0 Å². The lowest BCUT2D eigenvalue weighted by Gasteiger charge is -2.07. The molecule has 0 spiro atoms. The highest BCUT2D eigenvalue weighted by molar-refractivity contribution is 6.31. The van der Waals surface area contributed by atoms with Crippen molar-refractivity contribution in [2.75, 3.05) is 17.7 Å². The van der Waals surface area contributed by atoms with Crippen molar-refractivity contribution in [2.24, 2.45) is 0 Å². The van der Waals surface area contributed by atoms with Gasteiger partial charge in [0.15, 0.2) is 0 Å². The average molecular weight is 291 g/mol. The molecule has 0 bridgehead atoms. The van der Waals surface area contributed by atoms with Gasteiger partial charge in [0.05, 0.1) is 6.61 Å². The van der Waals surface area contributed by atoms with Crippen molar-refractivity contribution >= 4 is 28.9 Å². The van der Waals surface area contributed by atoms with E-state index in [9.17, 15) is 4.79 Å². The lowest BCUT2D eigenvalue weighted by molar-refractivity contribution is -0.121. The number of carbonyl (C=O) groups excluding carboxylic acids is 1. The third kappa shape index (κ3) is 4.26. The van der Waals surface area contributed by atoms with E-state index in [-0.39, 0.29) is 12.5 Å². The van der Waals surface area contributed by atoms with Crippen molar-refractivity contribution < 1.29 is 9.53 Å². The Balaban J connectivity index is 1.80. The van der Waals surface area contributed by atoms with E-state index in [4.69, 9.17) is 22.1 Å². The van der Waals surface area contributed by atoms with Crippen LogP contribution in [0.2, 0.25) is 5.02 Å². The highest BCUT2D eigenvalue weighted by atomic mass is 35.5. The van der Waals surface area contributed by atoms with E-state index in [2.05, 4.69) is 5.32 Å². The molecule has 0 aromatic heterocycles. The molecule has 104 valence electrons. The highest BCUT2D eigenvalue weighted by Gasteiger charge is 2.04. The number of nitrogen functional groups attached to an aromatic ring is 1. The summed E-state index contributed by atoms with van der Waals surface area (Å²) in [5.41, 5.74) is 7.73. The van der Waals surface area contributed by atoms with Crippen LogP contribution in [0.3, 0.4) is 0 Å². The van der Waals surface area contributed by atoms with Crippen LogP contribution in [0, 0.1) is 0 Å². The third-order valence-corrected chi connectivity index (χ3v) is 2.99. The summed E-state index contributed by atoms with van der Waals surface area (Å²) in [5.74, 6) is -0.234. The summed E-state index contributed by atoms with van der Waals surface area (Å²) in [4.78, 5) is 11.7. The van der Waals surface area contributed by atoms with Crippen molar-refractivity contribution in [3.05, 3.63) is 59.1 Å². The minimum atomic E-state index is -0.234. The largest absolute Gasteiger partial charge is 0.399 e. The maximum atomic E-state index is 11.7. The van der Waals surface area contributed by atoms with Gasteiger partial charge in [-0.15, -0.1) is 0 Å². The smallest absolute Gasteiger partial charge is 0.250 e. The molecule has 3 N–H and O–H groups in total. The van der Waals surface area contributed by atoms with Crippen molar-refractivity contribution in [3.63, 3.8) is 0 Å². The SMILES string of the molecule is Nc1cccc(NC(=O)COCc2ccccc2Cl)c1. The van der Waals surface area contributed by atoms with E-state index in [1.165, 1.54) is 0 Å². The Labute approximate surface area is 122 Å². The Morgan fingerprint density at radius 2 is 2.00 bits per heavy atom. The maximum Gasteiger partial charge on any atom is 0.250 e. The van der Waals surface area contributed by atoms with Crippen LogP contribution in [0.15, 0.2) is 48.5 Å². The molecule has 0 aliphatic rings. The predicted octanol–water partition coefficient (Wildman–Crippen LogP) is 3.08. The van der Waals surface area contributed by atoms with Gasteiger partial charge in [-0.05, 0) is 29.8 Å². The molecule has 5 heteroatoms. The Kier molecular flexibility index (Phi) is 4.98. The van der Waals surface area contributed by atoms with Crippen LogP contribution in [-0.4, -0.2) is 12.5 Å². The standard InChI is InChI=1S/C15H15ClN2O2/c16-14-7-2-1-4-11(14)9-20-10-15(19)18-13-6-3-5-12(17)8-13/h1-8H,9-10,17H2,(H,18,19). The van der Waals surface area contributed by atoms with Crippen LogP contribution in [0.1, 0.15) is 5.56 Å². The van der Waals surface area contributed by atoms with Gasteiger partial charge in [0.25, 0.3) is 0 Å². The highest BCUT2D eigenvalue weighted by Crippen LogP contribution is 2.16. The number of ether oxygens (including phenoxy) is 1. The van der Waals surface area contributed by atoms with Crippen LogP contribution >= 0.6 is 11.6 Å². The number of rotatable bonds is 5. The van der Waals surface area contributed by atoms with Gasteiger partial charge in [0.2, 0.25) is 5.91 Å². The molecule has 20 heavy (non-hydrogen) atoms. The number of amides is 1. The second-order valence-electron chi connectivity index (χ2n) is 4.26. The average Bonchev–Trinajstić information content (AvgIpc) is 2.41. The first-order chi connectivity index (χ1) is 9.65. The molecule has 0 atom stereocenters. The van der Waals surface area contributed by atoms with Crippen molar-refractivity contribution in [1.82, 2.24) is 0 Å². The molecule has 0 saturated heterocycles. The predicted molar refractivity (Wildman–Crippen MR) is 80.6 cm³/mol. The van der Waals surface area contributed by atoms with E-state index in [0.29, 0.717) is 23.0 Å². The summed E-state index contributed by atoms with van der Waals surface area (Å²) in [6.07, 6.45) is 0. The van der Waals surface area contributed by atoms with Gasteiger partial charge < -0.3 is 15.8 Å². The monoisotopic (exact) mass is 290 g/mol. The summed E-state index contributed by atoms with van der Waals surface area (Å²) in [5, 5.41) is 3.34. The van der Waals surface area contributed by atoms with E-state index in [1.54, 1.807) is 30.3 Å². The molecule has 4 nitrogen and oxygen atoms in total. The summed E-state index contributed by atoms with van der Waals surface area (Å²) >= 11 is 5.99. The fraction of sp³-hybridized carbons (Fsp3) is 0.133. The van der Waals surface area contributed by atoms with Crippen molar-refractivity contribution in [3.8, 4) is 0 Å². The molecule has 2 aromatic carbocycles. The molecule has 0 heterocycles. The Morgan fingerprint density at radius 1 is 1.20 bits per heavy atom. The Morgan fingerprint density at radius 3 is 2.75 bits per heavy atom. The zero-order valence-corrected chi connectivity index (χ0v) is 11.6. The number of hydrogen-bond acceptors (Lipinski definition) is 3. The van der Waals surface area contributed by atoms with Crippen LogP contribution in [-0.2, 0) is 16.1 Å². The van der Waals surface area contributed by atoms with Gasteiger partial charge in [-0.25, -0.2) is 0 Å².